The molecular weight excluding hydrogens is 364 g/mol. The third kappa shape index (κ3) is 2.85. The minimum Gasteiger partial charge on any atom is -0.458 e. The molecule has 4 rings (SSSR count). The lowest BCUT2D eigenvalue weighted by Crippen LogP contribution is -2.72. The minimum absolute atomic E-state index is 0.0103. The van der Waals surface area contributed by atoms with Crippen LogP contribution in [0.3, 0.4) is 0 Å². The molecule has 28 heavy (non-hydrogen) atoms. The van der Waals surface area contributed by atoms with Crippen LogP contribution < -0.4 is 0 Å². The molecule has 4 saturated carbocycles. The maximum atomic E-state index is 12.0. The molecule has 1 N–H and O–H groups in total. The van der Waals surface area contributed by atoms with Gasteiger partial charge in [-0.2, -0.15) is 0 Å². The van der Waals surface area contributed by atoms with E-state index in [0.717, 1.165) is 0 Å². The van der Waals surface area contributed by atoms with Crippen molar-refractivity contribution in [2.75, 3.05) is 0 Å². The molecular formula is C21H32O7. The van der Waals surface area contributed by atoms with Crippen LogP contribution in [0.4, 0.5) is 0 Å². The molecule has 0 aliphatic heterocycles. The Bertz CT molecular complexity index is 733. The Hall–Kier alpha value is -1.63. The predicted octanol–water partition coefficient (Wildman–Crippen LogP) is 2.09. The van der Waals surface area contributed by atoms with E-state index < -0.39 is 59.0 Å². The molecule has 7 nitrogen and oxygen atoms in total. The molecule has 0 aromatic rings. The van der Waals surface area contributed by atoms with Crippen LogP contribution in [-0.4, -0.2) is 47.4 Å². The number of rotatable bonds is 3. The third-order valence-electron chi connectivity index (χ3n) is 7.33. The molecule has 0 aromatic carbocycles. The van der Waals surface area contributed by atoms with Crippen LogP contribution >= 0.6 is 0 Å². The van der Waals surface area contributed by atoms with Crippen LogP contribution in [0.2, 0.25) is 0 Å². The molecule has 0 spiro atoms. The van der Waals surface area contributed by atoms with Gasteiger partial charge in [0.25, 0.3) is 0 Å². The van der Waals surface area contributed by atoms with Gasteiger partial charge >= 0.3 is 17.9 Å². The highest BCUT2D eigenvalue weighted by Crippen LogP contribution is 2.74. The summed E-state index contributed by atoms with van der Waals surface area (Å²) in [6.45, 7) is 11.5. The highest BCUT2D eigenvalue weighted by molar-refractivity contribution is 5.68. The zero-order valence-corrected chi connectivity index (χ0v) is 17.6. The van der Waals surface area contributed by atoms with Crippen molar-refractivity contribution in [1.82, 2.24) is 0 Å². The van der Waals surface area contributed by atoms with Gasteiger partial charge in [0.15, 0.2) is 6.10 Å². The van der Waals surface area contributed by atoms with Crippen LogP contribution in [0.5, 0.6) is 0 Å². The zero-order valence-electron chi connectivity index (χ0n) is 18.6. The molecule has 0 amide bonds. The van der Waals surface area contributed by atoms with E-state index in [0.29, 0.717) is 6.42 Å². The van der Waals surface area contributed by atoms with Gasteiger partial charge in [-0.1, -0.05) is 27.7 Å². The Balaban J connectivity index is 2.24. The van der Waals surface area contributed by atoms with Crippen LogP contribution in [0, 0.1) is 34.5 Å². The highest BCUT2D eigenvalue weighted by Gasteiger charge is 2.78. The molecule has 4 aliphatic rings. The summed E-state index contributed by atoms with van der Waals surface area (Å²) < 4.78 is 25.7. The maximum Gasteiger partial charge on any atom is 0.303 e. The molecule has 4 fully saturated rings. The van der Waals surface area contributed by atoms with E-state index in [9.17, 15) is 19.5 Å². The van der Waals surface area contributed by atoms with E-state index in [2.05, 4.69) is 0 Å². The van der Waals surface area contributed by atoms with Gasteiger partial charge < -0.3 is 19.3 Å². The van der Waals surface area contributed by atoms with Crippen molar-refractivity contribution in [3.63, 3.8) is 0 Å². The molecule has 0 radical (unpaired) electrons. The molecule has 0 unspecified atom stereocenters. The summed E-state index contributed by atoms with van der Waals surface area (Å²) in [7, 11) is 0. The van der Waals surface area contributed by atoms with Crippen LogP contribution in [0.1, 0.15) is 56.3 Å². The molecule has 9 atom stereocenters. The molecule has 4 bridgehead atoms. The Labute approximate surface area is 167 Å². The first-order chi connectivity index (χ1) is 13.2. The fourth-order valence-electron chi connectivity index (χ4n) is 6.66. The quantitative estimate of drug-likeness (QED) is 0.575. The predicted molar refractivity (Wildman–Crippen MR) is 98.8 cm³/mol. The summed E-state index contributed by atoms with van der Waals surface area (Å²) >= 11 is 0. The summed E-state index contributed by atoms with van der Waals surface area (Å²) in [6.07, 6.45) is -4.27. The van der Waals surface area contributed by atoms with E-state index in [1.54, 1.807) is 0 Å². The van der Waals surface area contributed by atoms with Gasteiger partial charge in [-0.05, 0) is 30.1 Å². The SMILES string of the molecule is [2H][C@@]1(O)C[C@@H](C)[C@H]2[C@H]3[C@@H]1[C@@]2(C)[C@H](OC(C)=O)[C@H](OC(C)=O)[C@@H](OC(C)=O)C3(C)C. The third-order valence-corrected chi connectivity index (χ3v) is 7.33. The molecule has 7 heteroatoms. The van der Waals surface area contributed by atoms with Gasteiger partial charge in [0.1, 0.15) is 12.2 Å². The smallest absolute Gasteiger partial charge is 0.303 e. The summed E-state index contributed by atoms with van der Waals surface area (Å²) in [5.74, 6) is -2.37. The fraction of sp³-hybridized carbons (Fsp3) is 0.857. The molecule has 4 aliphatic carbocycles. The second-order valence-corrected chi connectivity index (χ2v) is 9.52. The number of hydrogen-bond donors (Lipinski definition) is 1. The first kappa shape index (κ1) is 19.7. The van der Waals surface area contributed by atoms with E-state index in [4.69, 9.17) is 15.6 Å². The first-order valence-electron chi connectivity index (χ1n) is 10.4. The fourth-order valence-corrected chi connectivity index (χ4v) is 6.66. The summed E-state index contributed by atoms with van der Waals surface area (Å²) in [5, 5.41) is 11.1. The Kier molecular flexibility index (Phi) is 4.72. The first-order valence-corrected chi connectivity index (χ1v) is 9.89. The van der Waals surface area contributed by atoms with E-state index >= 15 is 0 Å². The van der Waals surface area contributed by atoms with E-state index in [1.807, 2.05) is 27.7 Å². The van der Waals surface area contributed by atoms with Crippen molar-refractivity contribution in [3.8, 4) is 0 Å². The topological polar surface area (TPSA) is 99.1 Å². The minimum atomic E-state index is -1.73. The van der Waals surface area contributed by atoms with E-state index in [-0.39, 0.29) is 17.8 Å². The number of carbonyl (C=O) groups is 3. The van der Waals surface area contributed by atoms with Crippen molar-refractivity contribution in [2.45, 2.75) is 79.3 Å². The largest absolute Gasteiger partial charge is 0.458 e. The lowest BCUT2D eigenvalue weighted by atomic mass is 9.35. The number of hydrogen-bond acceptors (Lipinski definition) is 7. The number of fused-ring (bicyclic) bond motifs is 2. The normalized spacial score (nSPS) is 49.0. The number of carbonyl (C=O) groups excluding carboxylic acids is 3. The monoisotopic (exact) mass is 397 g/mol. The van der Waals surface area contributed by atoms with Crippen molar-refractivity contribution in [1.29, 1.82) is 0 Å². The molecule has 0 aromatic heterocycles. The Morgan fingerprint density at radius 3 is 1.86 bits per heavy atom. The molecule has 0 heterocycles. The lowest BCUT2D eigenvalue weighted by molar-refractivity contribution is -0.286. The van der Waals surface area contributed by atoms with Gasteiger partial charge in [0, 0.05) is 31.6 Å². The zero-order chi connectivity index (χ0) is 22.1. The van der Waals surface area contributed by atoms with Crippen LogP contribution in [-0.2, 0) is 28.6 Å². The second kappa shape index (κ2) is 6.71. The van der Waals surface area contributed by atoms with Gasteiger partial charge in [0.2, 0.25) is 0 Å². The molecule has 158 valence electrons. The van der Waals surface area contributed by atoms with Crippen molar-refractivity contribution >= 4 is 17.9 Å². The van der Waals surface area contributed by atoms with Gasteiger partial charge in [-0.3, -0.25) is 14.4 Å². The van der Waals surface area contributed by atoms with Crippen LogP contribution in [0.25, 0.3) is 0 Å². The van der Waals surface area contributed by atoms with E-state index in [1.165, 1.54) is 20.8 Å². The average molecular weight is 397 g/mol. The summed E-state index contributed by atoms with van der Waals surface area (Å²) in [5.41, 5.74) is -1.52. The average Bonchev–Trinajstić information content (AvgIpc) is 2.58. The molecule has 0 saturated heterocycles. The standard InChI is InChI=1S/C21H32O7/c1-9-8-13(25)15-16-14(9)21(15,7)19(28-12(4)24)17(26-10(2)22)18(20(16,5)6)27-11(3)23/h9,13-19,25H,8H2,1-7H3/t9-,13-,14+,15-,16+,17-,18-,19-,21+/m1/s1/i13D. The maximum absolute atomic E-state index is 12.0. The number of ether oxygens (including phenoxy) is 3. The Morgan fingerprint density at radius 2 is 1.39 bits per heavy atom. The summed E-state index contributed by atoms with van der Waals surface area (Å²) in [4.78, 5) is 36.0. The van der Waals surface area contributed by atoms with Gasteiger partial charge in [-0.15, -0.1) is 0 Å². The Morgan fingerprint density at radius 1 is 0.893 bits per heavy atom. The number of aliphatic hydroxyl groups is 1. The second-order valence-electron chi connectivity index (χ2n) is 9.52. The summed E-state index contributed by atoms with van der Waals surface area (Å²) in [6, 6.07) is 0. The van der Waals surface area contributed by atoms with Gasteiger partial charge in [0.05, 0.1) is 7.45 Å². The lowest BCUT2D eigenvalue weighted by Gasteiger charge is -2.70. The van der Waals surface area contributed by atoms with Crippen LogP contribution in [0.15, 0.2) is 0 Å². The van der Waals surface area contributed by atoms with Crippen molar-refractivity contribution in [3.05, 3.63) is 0 Å². The highest BCUT2D eigenvalue weighted by atomic mass is 16.6. The van der Waals surface area contributed by atoms with Crippen molar-refractivity contribution < 1.29 is 35.1 Å². The van der Waals surface area contributed by atoms with Crippen molar-refractivity contribution in [2.24, 2.45) is 34.5 Å². The number of esters is 3. The van der Waals surface area contributed by atoms with Gasteiger partial charge in [-0.25, -0.2) is 0 Å².